The van der Waals surface area contributed by atoms with E-state index < -0.39 is 0 Å². The Hall–Kier alpha value is -3.74. The van der Waals surface area contributed by atoms with E-state index in [2.05, 4.69) is 4.98 Å². The van der Waals surface area contributed by atoms with Crippen LogP contribution >= 0.6 is 0 Å². The molecule has 0 radical (unpaired) electrons. The first-order valence-corrected chi connectivity index (χ1v) is 9.34. The van der Waals surface area contributed by atoms with E-state index in [0.29, 0.717) is 42.6 Å². The van der Waals surface area contributed by atoms with Crippen LogP contribution in [0.5, 0.6) is 17.2 Å². The molecule has 3 aromatic rings. The average Bonchev–Trinajstić information content (AvgIpc) is 3.11. The maximum absolute atomic E-state index is 13.1. The Labute approximate surface area is 167 Å². The second-order valence-corrected chi connectivity index (χ2v) is 6.94. The molecule has 29 heavy (non-hydrogen) atoms. The Morgan fingerprint density at radius 1 is 0.931 bits per heavy atom. The predicted molar refractivity (Wildman–Crippen MR) is 107 cm³/mol. The van der Waals surface area contributed by atoms with E-state index in [9.17, 15) is 4.79 Å². The number of rotatable bonds is 2. The van der Waals surface area contributed by atoms with E-state index in [4.69, 9.17) is 19.9 Å². The van der Waals surface area contributed by atoms with Crippen LogP contribution in [0.25, 0.3) is 11.1 Å². The van der Waals surface area contributed by atoms with Gasteiger partial charge in [0, 0.05) is 29.4 Å². The summed E-state index contributed by atoms with van der Waals surface area (Å²) in [5, 5.41) is 0. The largest absolute Gasteiger partial charge is 0.491 e. The van der Waals surface area contributed by atoms with Crippen LogP contribution in [0.4, 0.5) is 5.82 Å². The molecule has 0 saturated carbocycles. The summed E-state index contributed by atoms with van der Waals surface area (Å²) in [6.45, 7) is 1.58. The molecule has 3 heterocycles. The molecule has 2 aliphatic heterocycles. The van der Waals surface area contributed by atoms with Crippen LogP contribution in [0, 0.1) is 0 Å². The molecule has 5 rings (SSSR count). The van der Waals surface area contributed by atoms with Crippen molar-refractivity contribution in [2.24, 2.45) is 0 Å². The Morgan fingerprint density at radius 3 is 2.62 bits per heavy atom. The van der Waals surface area contributed by atoms with Gasteiger partial charge >= 0.3 is 0 Å². The second-order valence-electron chi connectivity index (χ2n) is 6.94. The molecular formula is C22H19N3O4. The molecule has 0 spiro atoms. The number of nitrogen functional groups attached to an aromatic ring is 1. The lowest BCUT2D eigenvalue weighted by molar-refractivity contribution is 0.0733. The molecule has 0 aliphatic carbocycles. The van der Waals surface area contributed by atoms with Gasteiger partial charge in [0.25, 0.3) is 5.91 Å². The summed E-state index contributed by atoms with van der Waals surface area (Å²) in [7, 11) is 0. The molecule has 7 heteroatoms. The molecule has 146 valence electrons. The molecule has 2 aromatic carbocycles. The van der Waals surface area contributed by atoms with Gasteiger partial charge in [-0.3, -0.25) is 4.79 Å². The summed E-state index contributed by atoms with van der Waals surface area (Å²) < 4.78 is 16.6. The van der Waals surface area contributed by atoms with E-state index in [1.54, 1.807) is 35.4 Å². The number of hydrogen-bond donors (Lipinski definition) is 1. The zero-order valence-electron chi connectivity index (χ0n) is 15.6. The van der Waals surface area contributed by atoms with Crippen molar-refractivity contribution in [1.82, 2.24) is 9.88 Å². The van der Waals surface area contributed by atoms with Gasteiger partial charge in [-0.2, -0.15) is 0 Å². The zero-order chi connectivity index (χ0) is 19.8. The number of pyridine rings is 1. The number of ether oxygens (including phenoxy) is 3. The number of aromatic nitrogens is 1. The lowest BCUT2D eigenvalue weighted by Crippen LogP contribution is -2.32. The van der Waals surface area contributed by atoms with Crippen LogP contribution in [0.1, 0.15) is 15.9 Å². The molecule has 0 bridgehead atoms. The minimum absolute atomic E-state index is 0.0701. The van der Waals surface area contributed by atoms with Crippen molar-refractivity contribution >= 4 is 11.7 Å². The number of anilines is 1. The number of carbonyl (C=O) groups excluding carboxylic acids is 1. The summed E-state index contributed by atoms with van der Waals surface area (Å²) in [5.74, 6) is 2.46. The lowest BCUT2D eigenvalue weighted by Gasteiger charge is -2.20. The van der Waals surface area contributed by atoms with Gasteiger partial charge in [0.15, 0.2) is 11.5 Å². The van der Waals surface area contributed by atoms with E-state index in [1.807, 2.05) is 24.3 Å². The SMILES string of the molecule is Nc1ccc(-c2ccc3c(c2)CN(C(=O)c2ccc4c(c2)OCO4)CCO3)cn1. The average molecular weight is 389 g/mol. The Kier molecular flexibility index (Phi) is 4.20. The standard InChI is InChI=1S/C22H19N3O4/c23-21-6-3-16(11-24-21)14-1-4-18-17(9-14)12-25(7-8-27-18)22(26)15-2-5-19-20(10-15)29-13-28-19/h1-6,9-11H,7-8,12-13H2,(H2,23,24). The highest BCUT2D eigenvalue weighted by Gasteiger charge is 2.23. The molecule has 0 atom stereocenters. The number of fused-ring (bicyclic) bond motifs is 2. The molecule has 0 unspecified atom stereocenters. The molecular weight excluding hydrogens is 370 g/mol. The summed E-state index contributed by atoms with van der Waals surface area (Å²) in [6, 6.07) is 14.9. The van der Waals surface area contributed by atoms with Crippen LogP contribution in [0.2, 0.25) is 0 Å². The van der Waals surface area contributed by atoms with Crippen LogP contribution in [0.3, 0.4) is 0 Å². The van der Waals surface area contributed by atoms with E-state index in [0.717, 1.165) is 22.4 Å². The van der Waals surface area contributed by atoms with E-state index in [1.165, 1.54) is 0 Å². The molecule has 0 fully saturated rings. The number of hydrogen-bond acceptors (Lipinski definition) is 6. The fourth-order valence-corrected chi connectivity index (χ4v) is 3.54. The van der Waals surface area contributed by atoms with Crippen LogP contribution in [-0.4, -0.2) is 35.7 Å². The topological polar surface area (TPSA) is 86.9 Å². The van der Waals surface area contributed by atoms with Gasteiger partial charge in [-0.05, 0) is 48.0 Å². The van der Waals surface area contributed by atoms with Crippen molar-refractivity contribution in [3.8, 4) is 28.4 Å². The van der Waals surface area contributed by atoms with Gasteiger partial charge in [0.2, 0.25) is 6.79 Å². The summed E-state index contributed by atoms with van der Waals surface area (Å²) in [5.41, 5.74) is 9.16. The van der Waals surface area contributed by atoms with Crippen LogP contribution in [0.15, 0.2) is 54.7 Å². The van der Waals surface area contributed by atoms with Crippen molar-refractivity contribution in [2.75, 3.05) is 25.7 Å². The smallest absolute Gasteiger partial charge is 0.254 e. The van der Waals surface area contributed by atoms with Crippen molar-refractivity contribution in [2.45, 2.75) is 6.54 Å². The van der Waals surface area contributed by atoms with Gasteiger partial charge in [-0.25, -0.2) is 4.98 Å². The fraction of sp³-hybridized carbons (Fsp3) is 0.182. The summed E-state index contributed by atoms with van der Waals surface area (Å²) in [6.07, 6.45) is 1.74. The Bertz CT molecular complexity index is 1080. The monoisotopic (exact) mass is 389 g/mol. The summed E-state index contributed by atoms with van der Waals surface area (Å²) >= 11 is 0. The van der Waals surface area contributed by atoms with Gasteiger partial charge in [0.05, 0.1) is 6.54 Å². The van der Waals surface area contributed by atoms with E-state index in [-0.39, 0.29) is 12.7 Å². The minimum atomic E-state index is -0.0701. The first kappa shape index (κ1) is 17.4. The van der Waals surface area contributed by atoms with Gasteiger partial charge < -0.3 is 24.8 Å². The molecule has 2 aliphatic rings. The van der Waals surface area contributed by atoms with Crippen molar-refractivity contribution in [3.63, 3.8) is 0 Å². The van der Waals surface area contributed by atoms with Crippen molar-refractivity contribution in [3.05, 3.63) is 65.9 Å². The van der Waals surface area contributed by atoms with Crippen molar-refractivity contribution < 1.29 is 19.0 Å². The van der Waals surface area contributed by atoms with Gasteiger partial charge in [-0.1, -0.05) is 6.07 Å². The maximum Gasteiger partial charge on any atom is 0.254 e. The van der Waals surface area contributed by atoms with Gasteiger partial charge in [-0.15, -0.1) is 0 Å². The first-order chi connectivity index (χ1) is 14.2. The number of carbonyl (C=O) groups is 1. The third-order valence-corrected chi connectivity index (χ3v) is 5.07. The van der Waals surface area contributed by atoms with Crippen LogP contribution in [-0.2, 0) is 6.54 Å². The summed E-state index contributed by atoms with van der Waals surface area (Å²) in [4.78, 5) is 19.0. The quantitative estimate of drug-likeness (QED) is 0.725. The Balaban J connectivity index is 1.43. The zero-order valence-corrected chi connectivity index (χ0v) is 15.6. The second kappa shape index (κ2) is 7.01. The minimum Gasteiger partial charge on any atom is -0.491 e. The molecule has 1 aromatic heterocycles. The highest BCUT2D eigenvalue weighted by Crippen LogP contribution is 2.34. The number of amides is 1. The van der Waals surface area contributed by atoms with Crippen LogP contribution < -0.4 is 19.9 Å². The highest BCUT2D eigenvalue weighted by atomic mass is 16.7. The third-order valence-electron chi connectivity index (χ3n) is 5.07. The number of nitrogens with zero attached hydrogens (tertiary/aromatic N) is 2. The fourth-order valence-electron chi connectivity index (χ4n) is 3.54. The van der Waals surface area contributed by atoms with Gasteiger partial charge in [0.1, 0.15) is 18.2 Å². The molecule has 2 N–H and O–H groups in total. The maximum atomic E-state index is 13.1. The molecule has 1 amide bonds. The highest BCUT2D eigenvalue weighted by molar-refractivity contribution is 5.95. The van der Waals surface area contributed by atoms with Crippen molar-refractivity contribution in [1.29, 1.82) is 0 Å². The molecule has 7 nitrogen and oxygen atoms in total. The number of nitrogens with two attached hydrogens (primary N) is 1. The normalized spacial score (nSPS) is 14.7. The molecule has 0 saturated heterocycles. The first-order valence-electron chi connectivity index (χ1n) is 9.34. The number of benzene rings is 2. The van der Waals surface area contributed by atoms with E-state index >= 15 is 0 Å². The third kappa shape index (κ3) is 3.31. The Morgan fingerprint density at radius 2 is 1.76 bits per heavy atom. The lowest BCUT2D eigenvalue weighted by atomic mass is 10.0. The predicted octanol–water partition coefficient (Wildman–Crippen LogP) is 3.09.